The lowest BCUT2D eigenvalue weighted by Gasteiger charge is -2.14. The summed E-state index contributed by atoms with van der Waals surface area (Å²) in [5.41, 5.74) is 8.21. The van der Waals surface area contributed by atoms with Gasteiger partial charge in [-0.05, 0) is 36.2 Å². The minimum atomic E-state index is -0.369. The van der Waals surface area contributed by atoms with Crippen LogP contribution in [0.5, 0.6) is 0 Å². The molecule has 0 radical (unpaired) electrons. The van der Waals surface area contributed by atoms with Gasteiger partial charge in [-0.25, -0.2) is 0 Å². The lowest BCUT2D eigenvalue weighted by Crippen LogP contribution is -2.20. The van der Waals surface area contributed by atoms with E-state index >= 15 is 0 Å². The van der Waals surface area contributed by atoms with Crippen LogP contribution in [0.1, 0.15) is 22.3 Å². The smallest absolute Gasteiger partial charge is 0.248 e. The first-order chi connectivity index (χ1) is 7.27. The third kappa shape index (κ3) is 2.25. The van der Waals surface area contributed by atoms with Crippen LogP contribution in [0.3, 0.4) is 0 Å². The topological polar surface area (TPSA) is 55.1 Å². The molecular formula is C12H14N2O. The molecule has 0 unspecified atom stereocenters. The molecule has 15 heavy (non-hydrogen) atoms. The summed E-state index contributed by atoms with van der Waals surface area (Å²) in [5, 5.41) is 3.25. The Morgan fingerprint density at radius 3 is 2.93 bits per heavy atom. The number of rotatable bonds is 2. The quantitative estimate of drug-likeness (QED) is 0.756. The van der Waals surface area contributed by atoms with Gasteiger partial charge in [-0.2, -0.15) is 0 Å². The molecule has 1 aliphatic rings. The van der Waals surface area contributed by atoms with Gasteiger partial charge in [0.15, 0.2) is 0 Å². The Morgan fingerprint density at radius 1 is 1.40 bits per heavy atom. The fourth-order valence-electron chi connectivity index (χ4n) is 1.76. The van der Waals surface area contributed by atoms with E-state index in [1.54, 1.807) is 6.07 Å². The Balaban J connectivity index is 2.31. The molecule has 0 atom stereocenters. The summed E-state index contributed by atoms with van der Waals surface area (Å²) < 4.78 is 0. The van der Waals surface area contributed by atoms with Crippen molar-refractivity contribution in [2.45, 2.75) is 6.42 Å². The first kappa shape index (κ1) is 9.93. The average molecular weight is 202 g/mol. The van der Waals surface area contributed by atoms with Gasteiger partial charge >= 0.3 is 0 Å². The number of primary amides is 1. The number of amides is 1. The van der Waals surface area contributed by atoms with Gasteiger partial charge in [0.25, 0.3) is 0 Å². The fourth-order valence-corrected chi connectivity index (χ4v) is 1.76. The van der Waals surface area contributed by atoms with Crippen molar-refractivity contribution in [1.82, 2.24) is 5.32 Å². The van der Waals surface area contributed by atoms with Crippen molar-refractivity contribution in [2.75, 3.05) is 13.1 Å². The minimum Gasteiger partial charge on any atom is -0.366 e. The summed E-state index contributed by atoms with van der Waals surface area (Å²) in [6.45, 7) is 1.89. The summed E-state index contributed by atoms with van der Waals surface area (Å²) in [6.07, 6.45) is 3.16. The highest BCUT2D eigenvalue weighted by Gasteiger charge is 2.07. The molecule has 0 saturated carbocycles. The van der Waals surface area contributed by atoms with Gasteiger partial charge in [0.05, 0.1) is 0 Å². The first-order valence-electron chi connectivity index (χ1n) is 5.07. The maximum atomic E-state index is 11.0. The van der Waals surface area contributed by atoms with Gasteiger partial charge in [0.1, 0.15) is 0 Å². The molecule has 2 rings (SSSR count). The normalized spacial score (nSPS) is 15.9. The molecule has 1 amide bonds. The first-order valence-corrected chi connectivity index (χ1v) is 5.07. The van der Waals surface area contributed by atoms with Gasteiger partial charge in [0.2, 0.25) is 5.91 Å². The van der Waals surface area contributed by atoms with Crippen molar-refractivity contribution < 1.29 is 4.79 Å². The molecule has 1 heterocycles. The highest BCUT2D eigenvalue weighted by molar-refractivity contribution is 5.93. The Labute approximate surface area is 89.0 Å². The highest BCUT2D eigenvalue weighted by Crippen LogP contribution is 2.20. The van der Waals surface area contributed by atoms with Gasteiger partial charge in [-0.15, -0.1) is 0 Å². The number of carbonyl (C=O) groups excluding carboxylic acids is 1. The van der Waals surface area contributed by atoms with Crippen molar-refractivity contribution in [3.63, 3.8) is 0 Å². The third-order valence-electron chi connectivity index (χ3n) is 2.58. The summed E-state index contributed by atoms with van der Waals surface area (Å²) in [6, 6.07) is 7.49. The van der Waals surface area contributed by atoms with Crippen LogP contribution in [-0.2, 0) is 0 Å². The molecule has 0 saturated heterocycles. The lowest BCUT2D eigenvalue weighted by atomic mass is 9.98. The van der Waals surface area contributed by atoms with Crippen LogP contribution in [0.4, 0.5) is 0 Å². The number of benzene rings is 1. The maximum absolute atomic E-state index is 11.0. The summed E-state index contributed by atoms with van der Waals surface area (Å²) in [7, 11) is 0. The maximum Gasteiger partial charge on any atom is 0.248 e. The predicted octanol–water partition coefficient (Wildman–Crippen LogP) is 1.16. The monoisotopic (exact) mass is 202 g/mol. The summed E-state index contributed by atoms with van der Waals surface area (Å²) in [4.78, 5) is 11.0. The van der Waals surface area contributed by atoms with E-state index in [-0.39, 0.29) is 5.91 Å². The fraction of sp³-hybridized carbons (Fsp3) is 0.250. The number of nitrogens with two attached hydrogens (primary N) is 1. The van der Waals surface area contributed by atoms with Crippen molar-refractivity contribution >= 4 is 11.5 Å². The Hall–Kier alpha value is -1.61. The van der Waals surface area contributed by atoms with E-state index in [2.05, 4.69) is 11.4 Å². The van der Waals surface area contributed by atoms with Gasteiger partial charge in [0, 0.05) is 12.1 Å². The molecule has 1 aromatic carbocycles. The second-order valence-corrected chi connectivity index (χ2v) is 3.63. The molecule has 0 aromatic heterocycles. The zero-order valence-electron chi connectivity index (χ0n) is 8.49. The molecule has 0 aliphatic carbocycles. The molecule has 0 fully saturated rings. The summed E-state index contributed by atoms with van der Waals surface area (Å²) in [5.74, 6) is -0.369. The van der Waals surface area contributed by atoms with Gasteiger partial charge < -0.3 is 11.1 Å². The Bertz CT molecular complexity index is 410. The molecular weight excluding hydrogens is 188 g/mol. The number of hydrogen-bond acceptors (Lipinski definition) is 2. The van der Waals surface area contributed by atoms with E-state index in [1.807, 2.05) is 18.2 Å². The largest absolute Gasteiger partial charge is 0.366 e. The van der Waals surface area contributed by atoms with Crippen LogP contribution in [0.25, 0.3) is 5.57 Å². The zero-order chi connectivity index (χ0) is 10.7. The second-order valence-electron chi connectivity index (χ2n) is 3.63. The number of nitrogens with one attached hydrogen (secondary N) is 1. The van der Waals surface area contributed by atoms with E-state index in [1.165, 1.54) is 5.57 Å². The van der Waals surface area contributed by atoms with Crippen LogP contribution in [0.2, 0.25) is 0 Å². The third-order valence-corrected chi connectivity index (χ3v) is 2.58. The van der Waals surface area contributed by atoms with Crippen LogP contribution >= 0.6 is 0 Å². The van der Waals surface area contributed by atoms with E-state index in [0.29, 0.717) is 5.56 Å². The molecule has 0 bridgehead atoms. The SMILES string of the molecule is NC(=O)c1cccc(C2=CCNCC2)c1. The van der Waals surface area contributed by atoms with Crippen LogP contribution in [-0.4, -0.2) is 19.0 Å². The Morgan fingerprint density at radius 2 is 2.27 bits per heavy atom. The number of hydrogen-bond donors (Lipinski definition) is 2. The van der Waals surface area contributed by atoms with Crippen LogP contribution in [0.15, 0.2) is 30.3 Å². The van der Waals surface area contributed by atoms with Gasteiger partial charge in [-0.3, -0.25) is 4.79 Å². The van der Waals surface area contributed by atoms with Gasteiger partial charge in [-0.1, -0.05) is 18.2 Å². The van der Waals surface area contributed by atoms with Crippen LogP contribution < -0.4 is 11.1 Å². The van der Waals surface area contributed by atoms with E-state index < -0.39 is 0 Å². The van der Waals surface area contributed by atoms with Crippen molar-refractivity contribution in [3.05, 3.63) is 41.5 Å². The van der Waals surface area contributed by atoms with E-state index in [0.717, 1.165) is 25.1 Å². The highest BCUT2D eigenvalue weighted by atomic mass is 16.1. The Kier molecular flexibility index (Phi) is 2.83. The van der Waals surface area contributed by atoms with Crippen LogP contribution in [0, 0.1) is 0 Å². The van der Waals surface area contributed by atoms with Crippen molar-refractivity contribution in [3.8, 4) is 0 Å². The molecule has 3 nitrogen and oxygen atoms in total. The molecule has 3 heteroatoms. The minimum absolute atomic E-state index is 0.369. The standard InChI is InChI=1S/C12H14N2O/c13-12(15)11-3-1-2-10(8-11)9-4-6-14-7-5-9/h1-4,8,14H,5-7H2,(H2,13,15). The van der Waals surface area contributed by atoms with E-state index in [9.17, 15) is 4.79 Å². The van der Waals surface area contributed by atoms with Crippen molar-refractivity contribution in [2.24, 2.45) is 5.73 Å². The molecule has 1 aliphatic heterocycles. The summed E-state index contributed by atoms with van der Waals surface area (Å²) >= 11 is 0. The predicted molar refractivity (Wildman–Crippen MR) is 60.4 cm³/mol. The average Bonchev–Trinajstić information content (AvgIpc) is 2.30. The van der Waals surface area contributed by atoms with E-state index in [4.69, 9.17) is 5.73 Å². The zero-order valence-corrected chi connectivity index (χ0v) is 8.49. The molecule has 0 spiro atoms. The second kappa shape index (κ2) is 4.28. The molecule has 78 valence electrons. The number of carbonyl (C=O) groups is 1. The lowest BCUT2D eigenvalue weighted by molar-refractivity contribution is 0.100. The molecule has 3 N–H and O–H groups in total. The van der Waals surface area contributed by atoms with Crippen molar-refractivity contribution in [1.29, 1.82) is 0 Å². The molecule has 1 aromatic rings.